The summed E-state index contributed by atoms with van der Waals surface area (Å²) in [6.45, 7) is 5.61. The van der Waals surface area contributed by atoms with Crippen molar-refractivity contribution in [1.82, 2.24) is 14.7 Å². The maximum Gasteiger partial charge on any atom is 0.328 e. The Balaban J connectivity index is 1.89. The summed E-state index contributed by atoms with van der Waals surface area (Å²) in [6.07, 6.45) is 2.13. The molecule has 3 aliphatic rings. The highest BCUT2D eigenvalue weighted by Crippen LogP contribution is 2.39. The molecule has 19 heavy (non-hydrogen) atoms. The van der Waals surface area contributed by atoms with Crippen molar-refractivity contribution in [2.24, 2.45) is 0 Å². The molecule has 6 nitrogen and oxygen atoms in total. The molecular weight excluding hydrogens is 246 g/mol. The maximum absolute atomic E-state index is 12.5. The monoisotopic (exact) mass is 265 g/mol. The Labute approximate surface area is 112 Å². The highest BCUT2D eigenvalue weighted by molar-refractivity contribution is 6.10. The zero-order chi connectivity index (χ0) is 13.8. The fraction of sp³-hybridized carbons (Fsp3) is 0.769. The molecule has 3 heterocycles. The topological polar surface area (TPSA) is 60.9 Å². The zero-order valence-corrected chi connectivity index (χ0v) is 11.4. The number of amides is 4. The Bertz CT molecular complexity index is 464. The summed E-state index contributed by atoms with van der Waals surface area (Å²) in [4.78, 5) is 41.7. The van der Waals surface area contributed by atoms with E-state index in [9.17, 15) is 14.4 Å². The maximum atomic E-state index is 12.5. The zero-order valence-electron chi connectivity index (χ0n) is 11.4. The molecule has 0 aromatic rings. The first-order chi connectivity index (χ1) is 9.00. The quantitative estimate of drug-likeness (QED) is 0.680. The Morgan fingerprint density at radius 1 is 1.26 bits per heavy atom. The number of carbonyl (C=O) groups is 3. The van der Waals surface area contributed by atoms with Crippen LogP contribution in [0.3, 0.4) is 0 Å². The second kappa shape index (κ2) is 3.95. The molecule has 0 bridgehead atoms. The number of fused-ring (bicyclic) bond motifs is 1. The number of hydrogen-bond acceptors (Lipinski definition) is 3. The standard InChI is InChI=1S/C13H19N3O3/c1-3-14-8-5-9(10(14)17)16-11(18)13(2)6-4-7-15(13)12(16)19/h9H,3-8H2,1-2H3/t9-,13-/m1/s1. The largest absolute Gasteiger partial charge is 0.341 e. The Morgan fingerprint density at radius 2 is 2.00 bits per heavy atom. The first kappa shape index (κ1) is 12.4. The lowest BCUT2D eigenvalue weighted by molar-refractivity contribution is -0.140. The Kier molecular flexibility index (Phi) is 2.59. The highest BCUT2D eigenvalue weighted by Gasteiger charge is 2.59. The van der Waals surface area contributed by atoms with Crippen molar-refractivity contribution in [3.05, 3.63) is 0 Å². The summed E-state index contributed by atoms with van der Waals surface area (Å²) < 4.78 is 0. The van der Waals surface area contributed by atoms with Gasteiger partial charge in [0.1, 0.15) is 11.6 Å². The Morgan fingerprint density at radius 3 is 2.58 bits per heavy atom. The molecule has 3 aliphatic heterocycles. The number of urea groups is 1. The van der Waals surface area contributed by atoms with E-state index in [1.54, 1.807) is 9.80 Å². The van der Waals surface area contributed by atoms with E-state index in [1.807, 2.05) is 13.8 Å². The summed E-state index contributed by atoms with van der Waals surface area (Å²) in [6, 6.07) is -0.858. The highest BCUT2D eigenvalue weighted by atomic mass is 16.2. The van der Waals surface area contributed by atoms with Crippen molar-refractivity contribution in [1.29, 1.82) is 0 Å². The molecule has 104 valence electrons. The molecule has 0 aromatic carbocycles. The van der Waals surface area contributed by atoms with Gasteiger partial charge in [-0.1, -0.05) is 0 Å². The minimum Gasteiger partial charge on any atom is -0.341 e. The minimum atomic E-state index is -0.711. The third-order valence-electron chi connectivity index (χ3n) is 4.72. The van der Waals surface area contributed by atoms with Crippen molar-refractivity contribution in [2.45, 2.75) is 44.7 Å². The van der Waals surface area contributed by atoms with E-state index < -0.39 is 11.6 Å². The second-order valence-electron chi connectivity index (χ2n) is 5.71. The van der Waals surface area contributed by atoms with E-state index in [0.717, 1.165) is 6.42 Å². The Hall–Kier alpha value is -1.59. The van der Waals surface area contributed by atoms with Gasteiger partial charge in [-0.05, 0) is 33.1 Å². The molecule has 3 fully saturated rings. The van der Waals surface area contributed by atoms with E-state index in [2.05, 4.69) is 0 Å². The van der Waals surface area contributed by atoms with Gasteiger partial charge in [0.15, 0.2) is 0 Å². The van der Waals surface area contributed by atoms with Crippen LogP contribution in [0.15, 0.2) is 0 Å². The van der Waals surface area contributed by atoms with Crippen LogP contribution in [-0.2, 0) is 9.59 Å². The third-order valence-corrected chi connectivity index (χ3v) is 4.72. The number of hydrogen-bond donors (Lipinski definition) is 0. The first-order valence-electron chi connectivity index (χ1n) is 6.94. The van der Waals surface area contributed by atoms with Crippen molar-refractivity contribution in [2.75, 3.05) is 19.6 Å². The van der Waals surface area contributed by atoms with Crippen LogP contribution in [0, 0.1) is 0 Å². The molecule has 0 saturated carbocycles. The number of carbonyl (C=O) groups excluding carboxylic acids is 3. The fourth-order valence-corrected chi connectivity index (χ4v) is 3.52. The lowest BCUT2D eigenvalue weighted by Crippen LogP contribution is -2.47. The van der Waals surface area contributed by atoms with E-state index in [4.69, 9.17) is 0 Å². The van der Waals surface area contributed by atoms with Crippen LogP contribution in [0.1, 0.15) is 33.1 Å². The SMILES string of the molecule is CCN1CC[C@@H](N2C(=O)N3CCC[C@]3(C)C2=O)C1=O. The van der Waals surface area contributed by atoms with Crippen LogP contribution in [0.2, 0.25) is 0 Å². The van der Waals surface area contributed by atoms with Crippen molar-refractivity contribution in [3.63, 3.8) is 0 Å². The van der Waals surface area contributed by atoms with Gasteiger partial charge in [0.05, 0.1) is 0 Å². The summed E-state index contributed by atoms with van der Waals surface area (Å²) in [5.74, 6) is -0.278. The number of nitrogens with zero attached hydrogens (tertiary/aromatic N) is 3. The van der Waals surface area contributed by atoms with E-state index in [-0.39, 0.29) is 17.8 Å². The van der Waals surface area contributed by atoms with Crippen molar-refractivity contribution >= 4 is 17.8 Å². The third kappa shape index (κ3) is 1.45. The predicted molar refractivity (Wildman–Crippen MR) is 67.2 cm³/mol. The lowest BCUT2D eigenvalue weighted by Gasteiger charge is -2.22. The number of imide groups is 1. The molecule has 0 N–H and O–H groups in total. The van der Waals surface area contributed by atoms with Crippen LogP contribution >= 0.6 is 0 Å². The molecule has 0 aromatic heterocycles. The van der Waals surface area contributed by atoms with E-state index in [1.165, 1.54) is 4.90 Å². The lowest BCUT2D eigenvalue weighted by atomic mass is 9.99. The van der Waals surface area contributed by atoms with Crippen LogP contribution < -0.4 is 0 Å². The second-order valence-corrected chi connectivity index (χ2v) is 5.71. The van der Waals surface area contributed by atoms with Gasteiger partial charge in [-0.25, -0.2) is 9.69 Å². The van der Waals surface area contributed by atoms with Gasteiger partial charge in [-0.15, -0.1) is 0 Å². The van der Waals surface area contributed by atoms with Gasteiger partial charge in [-0.2, -0.15) is 0 Å². The molecule has 0 aliphatic carbocycles. The van der Waals surface area contributed by atoms with Crippen molar-refractivity contribution in [3.8, 4) is 0 Å². The average Bonchev–Trinajstić information content (AvgIpc) is 2.98. The van der Waals surface area contributed by atoms with Crippen LogP contribution in [0.5, 0.6) is 0 Å². The molecule has 0 unspecified atom stereocenters. The summed E-state index contributed by atoms with van der Waals surface area (Å²) in [5.41, 5.74) is -0.711. The average molecular weight is 265 g/mol. The molecule has 0 spiro atoms. The number of rotatable bonds is 2. The fourth-order valence-electron chi connectivity index (χ4n) is 3.52. The van der Waals surface area contributed by atoms with Gasteiger partial charge in [0.2, 0.25) is 5.91 Å². The molecule has 4 amide bonds. The number of likely N-dealkylation sites (tertiary alicyclic amines) is 1. The van der Waals surface area contributed by atoms with E-state index in [0.29, 0.717) is 32.5 Å². The van der Waals surface area contributed by atoms with Gasteiger partial charge < -0.3 is 9.80 Å². The van der Waals surface area contributed by atoms with Gasteiger partial charge in [0, 0.05) is 19.6 Å². The van der Waals surface area contributed by atoms with Crippen LogP contribution in [0.4, 0.5) is 4.79 Å². The van der Waals surface area contributed by atoms with Gasteiger partial charge in [0.25, 0.3) is 5.91 Å². The minimum absolute atomic E-state index is 0.0889. The van der Waals surface area contributed by atoms with Crippen LogP contribution in [-0.4, -0.2) is 63.8 Å². The summed E-state index contributed by atoms with van der Waals surface area (Å²) in [5, 5.41) is 0. The normalized spacial score (nSPS) is 34.7. The molecule has 3 rings (SSSR count). The molecule has 0 radical (unpaired) electrons. The number of likely N-dealkylation sites (N-methyl/N-ethyl adjacent to an activating group) is 1. The first-order valence-corrected chi connectivity index (χ1v) is 6.94. The predicted octanol–water partition coefficient (Wildman–Crippen LogP) is 0.424. The molecule has 2 atom stereocenters. The van der Waals surface area contributed by atoms with Crippen LogP contribution in [0.25, 0.3) is 0 Å². The van der Waals surface area contributed by atoms with E-state index >= 15 is 0 Å². The van der Waals surface area contributed by atoms with Gasteiger partial charge >= 0.3 is 6.03 Å². The molecule has 3 saturated heterocycles. The summed E-state index contributed by atoms with van der Waals surface area (Å²) >= 11 is 0. The smallest absolute Gasteiger partial charge is 0.328 e. The van der Waals surface area contributed by atoms with Gasteiger partial charge in [-0.3, -0.25) is 9.59 Å². The molecule has 6 heteroatoms. The summed E-state index contributed by atoms with van der Waals surface area (Å²) in [7, 11) is 0. The molecular formula is C13H19N3O3. The van der Waals surface area contributed by atoms with Crippen molar-refractivity contribution < 1.29 is 14.4 Å².